The number of piperidine rings is 1. The summed E-state index contributed by atoms with van der Waals surface area (Å²) in [5, 5.41) is 15.3. The van der Waals surface area contributed by atoms with Gasteiger partial charge in [0.2, 0.25) is 0 Å². The lowest BCUT2D eigenvalue weighted by atomic mass is 9.99. The third kappa shape index (κ3) is 3.01. The third-order valence-electron chi connectivity index (χ3n) is 4.58. The van der Waals surface area contributed by atoms with Gasteiger partial charge in [-0.3, -0.25) is 0 Å². The van der Waals surface area contributed by atoms with Crippen LogP contribution in [0.3, 0.4) is 0 Å². The maximum absolute atomic E-state index is 12.3. The van der Waals surface area contributed by atoms with Crippen LogP contribution in [0.2, 0.25) is 0 Å². The molecule has 3 rings (SSSR count). The number of fused-ring (bicyclic) bond motifs is 2. The van der Waals surface area contributed by atoms with Crippen molar-refractivity contribution in [1.82, 2.24) is 10.2 Å². The topological polar surface area (TPSA) is 68.2 Å². The molecule has 5 nitrogen and oxygen atoms in total. The maximum atomic E-state index is 12.3. The summed E-state index contributed by atoms with van der Waals surface area (Å²) in [6.45, 7) is 0. The number of nitriles is 1. The predicted molar refractivity (Wildman–Crippen MR) is 80.9 cm³/mol. The fourth-order valence-corrected chi connectivity index (χ4v) is 3.35. The van der Waals surface area contributed by atoms with Crippen LogP contribution in [0.25, 0.3) is 0 Å². The van der Waals surface area contributed by atoms with E-state index in [1.54, 1.807) is 24.3 Å². The van der Waals surface area contributed by atoms with E-state index in [-0.39, 0.29) is 6.03 Å². The number of hydrogen-bond acceptors (Lipinski definition) is 3. The Labute approximate surface area is 124 Å². The van der Waals surface area contributed by atoms with Crippen molar-refractivity contribution < 1.29 is 4.79 Å². The molecule has 0 aliphatic carbocycles. The number of nitrogens with zero attached hydrogens (tertiary/aromatic N) is 2. The third-order valence-corrected chi connectivity index (χ3v) is 4.58. The maximum Gasteiger partial charge on any atom is 0.321 e. The highest BCUT2D eigenvalue weighted by Crippen LogP contribution is 2.29. The van der Waals surface area contributed by atoms with Crippen LogP contribution in [0.5, 0.6) is 0 Å². The van der Waals surface area contributed by atoms with E-state index >= 15 is 0 Å². The lowest BCUT2D eigenvalue weighted by Gasteiger charge is -2.35. The van der Waals surface area contributed by atoms with Gasteiger partial charge in [-0.15, -0.1) is 0 Å². The number of anilines is 1. The van der Waals surface area contributed by atoms with Crippen molar-refractivity contribution in [3.05, 3.63) is 29.8 Å². The summed E-state index contributed by atoms with van der Waals surface area (Å²) in [4.78, 5) is 14.2. The van der Waals surface area contributed by atoms with Crippen LogP contribution in [0.4, 0.5) is 10.5 Å². The first-order chi connectivity index (χ1) is 10.2. The lowest BCUT2D eigenvalue weighted by Crippen LogP contribution is -2.49. The Balaban J connectivity index is 1.60. The van der Waals surface area contributed by atoms with Gasteiger partial charge < -0.3 is 15.5 Å². The van der Waals surface area contributed by atoms with Crippen LogP contribution < -0.4 is 10.6 Å². The van der Waals surface area contributed by atoms with E-state index in [1.807, 2.05) is 11.9 Å². The van der Waals surface area contributed by atoms with Gasteiger partial charge in [-0.2, -0.15) is 5.26 Å². The molecule has 2 bridgehead atoms. The highest BCUT2D eigenvalue weighted by Gasteiger charge is 2.36. The Morgan fingerprint density at radius 1 is 1.29 bits per heavy atom. The van der Waals surface area contributed by atoms with E-state index in [2.05, 4.69) is 16.7 Å². The Morgan fingerprint density at radius 3 is 2.48 bits per heavy atom. The monoisotopic (exact) mass is 284 g/mol. The van der Waals surface area contributed by atoms with Gasteiger partial charge in [0, 0.05) is 30.9 Å². The second-order valence-corrected chi connectivity index (χ2v) is 5.99. The number of hydrogen-bond donors (Lipinski definition) is 2. The van der Waals surface area contributed by atoms with E-state index in [9.17, 15) is 4.79 Å². The smallest absolute Gasteiger partial charge is 0.321 e. The molecule has 2 unspecified atom stereocenters. The molecule has 2 aliphatic rings. The van der Waals surface area contributed by atoms with Gasteiger partial charge in [-0.25, -0.2) is 4.79 Å². The minimum atomic E-state index is -0.0778. The molecule has 2 atom stereocenters. The minimum absolute atomic E-state index is 0.0778. The van der Waals surface area contributed by atoms with Crippen LogP contribution in [-0.4, -0.2) is 36.1 Å². The summed E-state index contributed by atoms with van der Waals surface area (Å²) in [6, 6.07) is 10.4. The second-order valence-electron chi connectivity index (χ2n) is 5.99. The van der Waals surface area contributed by atoms with Crippen LogP contribution in [-0.2, 0) is 0 Å². The molecule has 21 heavy (non-hydrogen) atoms. The summed E-state index contributed by atoms with van der Waals surface area (Å²) in [5.41, 5.74) is 1.32. The summed E-state index contributed by atoms with van der Waals surface area (Å²) in [6.07, 6.45) is 4.53. The average molecular weight is 284 g/mol. The highest BCUT2D eigenvalue weighted by molar-refractivity contribution is 5.89. The Hall–Kier alpha value is -2.06. The highest BCUT2D eigenvalue weighted by atomic mass is 16.2. The van der Waals surface area contributed by atoms with E-state index < -0.39 is 0 Å². The average Bonchev–Trinajstić information content (AvgIpc) is 2.85. The first kappa shape index (κ1) is 13.9. The fraction of sp³-hybridized carbons (Fsp3) is 0.500. The molecule has 2 aliphatic heterocycles. The molecular weight excluding hydrogens is 264 g/mol. The summed E-state index contributed by atoms with van der Waals surface area (Å²) in [5.74, 6) is 0. The van der Waals surface area contributed by atoms with Crippen molar-refractivity contribution in [1.29, 1.82) is 5.26 Å². The van der Waals surface area contributed by atoms with Gasteiger partial charge in [0.1, 0.15) is 0 Å². The van der Waals surface area contributed by atoms with Crippen molar-refractivity contribution in [2.75, 3.05) is 12.4 Å². The van der Waals surface area contributed by atoms with E-state index in [0.717, 1.165) is 18.5 Å². The molecule has 2 fully saturated rings. The van der Waals surface area contributed by atoms with Gasteiger partial charge >= 0.3 is 6.03 Å². The van der Waals surface area contributed by atoms with Crippen molar-refractivity contribution in [3.8, 4) is 6.07 Å². The largest absolute Gasteiger partial charge is 0.324 e. The molecule has 0 aromatic heterocycles. The van der Waals surface area contributed by atoms with Crippen molar-refractivity contribution >= 4 is 11.7 Å². The SMILES string of the molecule is CN(C(=O)Nc1ccc(C#N)cc1)C1CC2CCC(C1)N2. The molecule has 0 spiro atoms. The first-order valence-corrected chi connectivity index (χ1v) is 7.45. The van der Waals surface area contributed by atoms with Gasteiger partial charge in [-0.05, 0) is 49.9 Å². The molecule has 110 valence electrons. The number of amides is 2. The fourth-order valence-electron chi connectivity index (χ4n) is 3.35. The Kier molecular flexibility index (Phi) is 3.80. The summed E-state index contributed by atoms with van der Waals surface area (Å²) in [7, 11) is 1.87. The van der Waals surface area contributed by atoms with Crippen molar-refractivity contribution in [3.63, 3.8) is 0 Å². The predicted octanol–water partition coefficient (Wildman–Crippen LogP) is 2.30. The number of nitrogens with one attached hydrogen (secondary N) is 2. The number of urea groups is 1. The van der Waals surface area contributed by atoms with Crippen LogP contribution in [0.1, 0.15) is 31.2 Å². The van der Waals surface area contributed by atoms with E-state index in [4.69, 9.17) is 5.26 Å². The first-order valence-electron chi connectivity index (χ1n) is 7.45. The normalized spacial score (nSPS) is 27.0. The number of rotatable bonds is 2. The summed E-state index contributed by atoms with van der Waals surface area (Å²) < 4.78 is 0. The lowest BCUT2D eigenvalue weighted by molar-refractivity contribution is 0.176. The Morgan fingerprint density at radius 2 is 1.90 bits per heavy atom. The van der Waals surface area contributed by atoms with Crippen LogP contribution in [0, 0.1) is 11.3 Å². The number of carbonyl (C=O) groups is 1. The molecular formula is C16H20N4O. The van der Waals surface area contributed by atoms with Gasteiger partial charge in [-0.1, -0.05) is 0 Å². The Bertz CT molecular complexity index is 551. The molecule has 0 radical (unpaired) electrons. The number of carbonyl (C=O) groups excluding carboxylic acids is 1. The zero-order valence-corrected chi connectivity index (χ0v) is 12.2. The minimum Gasteiger partial charge on any atom is -0.324 e. The zero-order valence-electron chi connectivity index (χ0n) is 12.2. The molecule has 1 aromatic carbocycles. The summed E-state index contributed by atoms with van der Waals surface area (Å²) >= 11 is 0. The molecule has 5 heteroatoms. The molecule has 0 saturated carbocycles. The van der Waals surface area contributed by atoms with Gasteiger partial charge in [0.15, 0.2) is 0 Å². The molecule has 2 heterocycles. The van der Waals surface area contributed by atoms with Crippen molar-refractivity contribution in [2.24, 2.45) is 0 Å². The molecule has 2 saturated heterocycles. The quantitative estimate of drug-likeness (QED) is 0.875. The standard InChI is InChI=1S/C16H20N4O/c1-20(15-8-13-6-7-14(9-15)18-13)16(21)19-12-4-2-11(10-17)3-5-12/h2-5,13-15,18H,6-9H2,1H3,(H,19,21). The van der Waals surface area contributed by atoms with E-state index in [1.165, 1.54) is 12.8 Å². The number of benzene rings is 1. The second kappa shape index (κ2) is 5.74. The molecule has 2 amide bonds. The van der Waals surface area contributed by atoms with Crippen LogP contribution in [0.15, 0.2) is 24.3 Å². The van der Waals surface area contributed by atoms with Crippen molar-refractivity contribution in [2.45, 2.75) is 43.8 Å². The van der Waals surface area contributed by atoms with Gasteiger partial charge in [0.05, 0.1) is 11.6 Å². The van der Waals surface area contributed by atoms with Gasteiger partial charge in [0.25, 0.3) is 0 Å². The zero-order chi connectivity index (χ0) is 14.8. The molecule has 2 N–H and O–H groups in total. The molecule has 1 aromatic rings. The van der Waals surface area contributed by atoms with Crippen LogP contribution >= 0.6 is 0 Å². The van der Waals surface area contributed by atoms with E-state index in [0.29, 0.717) is 23.7 Å².